The van der Waals surface area contributed by atoms with Gasteiger partial charge in [-0.05, 0) is 31.4 Å². The Bertz CT molecular complexity index is 298. The van der Waals surface area contributed by atoms with E-state index in [1.807, 2.05) is 13.0 Å². The Balaban J connectivity index is 2.00. The molecule has 1 aliphatic carbocycles. The zero-order valence-electron chi connectivity index (χ0n) is 8.52. The molecule has 2 rings (SSSR count). The minimum Gasteiger partial charge on any atom is -0.310 e. The van der Waals surface area contributed by atoms with Crippen molar-refractivity contribution >= 4 is 0 Å². The van der Waals surface area contributed by atoms with Gasteiger partial charge in [0.05, 0.1) is 0 Å². The molecule has 1 nitrogen and oxygen atoms in total. The SMILES string of the molecule is Cc1cccc(F)c1CNC1CCC1. The van der Waals surface area contributed by atoms with Crippen LogP contribution >= 0.6 is 0 Å². The van der Waals surface area contributed by atoms with E-state index in [9.17, 15) is 4.39 Å². The summed E-state index contributed by atoms with van der Waals surface area (Å²) in [6.45, 7) is 2.63. The van der Waals surface area contributed by atoms with E-state index in [2.05, 4.69) is 5.32 Å². The van der Waals surface area contributed by atoms with Crippen molar-refractivity contribution in [1.82, 2.24) is 5.32 Å². The van der Waals surface area contributed by atoms with Crippen molar-refractivity contribution in [2.75, 3.05) is 0 Å². The molecule has 1 saturated carbocycles. The van der Waals surface area contributed by atoms with Crippen LogP contribution in [-0.4, -0.2) is 6.04 Å². The number of hydrogen-bond acceptors (Lipinski definition) is 1. The Kier molecular flexibility index (Phi) is 2.82. The van der Waals surface area contributed by atoms with Gasteiger partial charge in [0.15, 0.2) is 0 Å². The van der Waals surface area contributed by atoms with Crippen LogP contribution in [0.25, 0.3) is 0 Å². The lowest BCUT2D eigenvalue weighted by Gasteiger charge is -2.26. The van der Waals surface area contributed by atoms with Crippen molar-refractivity contribution in [2.45, 2.75) is 38.8 Å². The Labute approximate surface area is 84.3 Å². The van der Waals surface area contributed by atoms with Crippen LogP contribution in [0.4, 0.5) is 4.39 Å². The molecule has 1 aromatic rings. The third-order valence-corrected chi connectivity index (χ3v) is 3.03. The lowest BCUT2D eigenvalue weighted by Crippen LogP contribution is -2.34. The zero-order chi connectivity index (χ0) is 9.97. The minimum absolute atomic E-state index is 0.0863. The molecule has 14 heavy (non-hydrogen) atoms. The molecule has 1 N–H and O–H groups in total. The zero-order valence-corrected chi connectivity index (χ0v) is 8.52. The first kappa shape index (κ1) is 9.66. The molecular formula is C12H16FN. The molecule has 0 atom stereocenters. The number of hydrogen-bond donors (Lipinski definition) is 1. The van der Waals surface area contributed by atoms with Crippen molar-refractivity contribution in [3.8, 4) is 0 Å². The number of benzene rings is 1. The van der Waals surface area contributed by atoms with Crippen LogP contribution in [0.3, 0.4) is 0 Å². The minimum atomic E-state index is -0.0863. The quantitative estimate of drug-likeness (QED) is 0.778. The molecule has 0 radical (unpaired) electrons. The van der Waals surface area contributed by atoms with E-state index in [-0.39, 0.29) is 5.82 Å². The second kappa shape index (κ2) is 4.09. The van der Waals surface area contributed by atoms with Gasteiger partial charge in [0.1, 0.15) is 5.82 Å². The second-order valence-electron chi connectivity index (χ2n) is 4.04. The summed E-state index contributed by atoms with van der Waals surface area (Å²) >= 11 is 0. The normalized spacial score (nSPS) is 16.7. The third kappa shape index (κ3) is 1.95. The van der Waals surface area contributed by atoms with Crippen molar-refractivity contribution in [1.29, 1.82) is 0 Å². The van der Waals surface area contributed by atoms with E-state index in [1.54, 1.807) is 6.07 Å². The molecule has 76 valence electrons. The monoisotopic (exact) mass is 193 g/mol. The fraction of sp³-hybridized carbons (Fsp3) is 0.500. The van der Waals surface area contributed by atoms with Crippen LogP contribution in [0.2, 0.25) is 0 Å². The van der Waals surface area contributed by atoms with Crippen molar-refractivity contribution in [2.24, 2.45) is 0 Å². The summed E-state index contributed by atoms with van der Waals surface area (Å²) in [5.74, 6) is -0.0863. The highest BCUT2D eigenvalue weighted by molar-refractivity contribution is 5.27. The van der Waals surface area contributed by atoms with Gasteiger partial charge in [0, 0.05) is 18.2 Å². The molecule has 0 heterocycles. The first-order valence-corrected chi connectivity index (χ1v) is 5.25. The van der Waals surface area contributed by atoms with Gasteiger partial charge in [-0.1, -0.05) is 18.6 Å². The van der Waals surface area contributed by atoms with Crippen LogP contribution in [0.1, 0.15) is 30.4 Å². The summed E-state index contributed by atoms with van der Waals surface area (Å²) in [5.41, 5.74) is 1.86. The van der Waals surface area contributed by atoms with Gasteiger partial charge in [-0.15, -0.1) is 0 Å². The van der Waals surface area contributed by atoms with Gasteiger partial charge >= 0.3 is 0 Å². The molecule has 0 aliphatic heterocycles. The molecule has 0 amide bonds. The van der Waals surface area contributed by atoms with Crippen LogP contribution in [-0.2, 0) is 6.54 Å². The molecule has 0 bridgehead atoms. The van der Waals surface area contributed by atoms with Crippen molar-refractivity contribution in [3.63, 3.8) is 0 Å². The number of rotatable bonds is 3. The summed E-state index contributed by atoms with van der Waals surface area (Å²) < 4.78 is 13.4. The van der Waals surface area contributed by atoms with E-state index >= 15 is 0 Å². The first-order valence-electron chi connectivity index (χ1n) is 5.25. The summed E-state index contributed by atoms with van der Waals surface area (Å²) in [6, 6.07) is 5.87. The summed E-state index contributed by atoms with van der Waals surface area (Å²) in [6.07, 6.45) is 3.80. The maximum Gasteiger partial charge on any atom is 0.127 e. The van der Waals surface area contributed by atoms with E-state index < -0.39 is 0 Å². The van der Waals surface area contributed by atoms with Crippen LogP contribution in [0.5, 0.6) is 0 Å². The highest BCUT2D eigenvalue weighted by atomic mass is 19.1. The molecule has 0 aromatic heterocycles. The van der Waals surface area contributed by atoms with Gasteiger partial charge < -0.3 is 5.32 Å². The van der Waals surface area contributed by atoms with E-state index in [0.717, 1.165) is 11.1 Å². The van der Waals surface area contributed by atoms with E-state index in [4.69, 9.17) is 0 Å². The predicted molar refractivity (Wildman–Crippen MR) is 55.6 cm³/mol. The Morgan fingerprint density at radius 2 is 2.21 bits per heavy atom. The number of aryl methyl sites for hydroxylation is 1. The second-order valence-corrected chi connectivity index (χ2v) is 4.04. The van der Waals surface area contributed by atoms with Gasteiger partial charge in [0.2, 0.25) is 0 Å². The van der Waals surface area contributed by atoms with E-state index in [1.165, 1.54) is 25.3 Å². The van der Waals surface area contributed by atoms with Crippen LogP contribution < -0.4 is 5.32 Å². The topological polar surface area (TPSA) is 12.0 Å². The van der Waals surface area contributed by atoms with Crippen LogP contribution in [0, 0.1) is 12.7 Å². The molecular weight excluding hydrogens is 177 g/mol. The smallest absolute Gasteiger partial charge is 0.127 e. The molecule has 0 unspecified atom stereocenters. The molecule has 2 heteroatoms. The summed E-state index contributed by atoms with van der Waals surface area (Å²) in [7, 11) is 0. The maximum absolute atomic E-state index is 13.4. The van der Waals surface area contributed by atoms with Crippen molar-refractivity contribution < 1.29 is 4.39 Å². The standard InChI is InChI=1S/C12H16FN/c1-9-4-2-7-12(13)11(9)8-14-10-5-3-6-10/h2,4,7,10,14H,3,5-6,8H2,1H3. The predicted octanol–water partition coefficient (Wildman–Crippen LogP) is 2.78. The first-order chi connectivity index (χ1) is 6.77. The summed E-state index contributed by atoms with van der Waals surface area (Å²) in [4.78, 5) is 0. The fourth-order valence-electron chi connectivity index (χ4n) is 1.75. The Morgan fingerprint density at radius 3 is 2.79 bits per heavy atom. The molecule has 0 saturated heterocycles. The average Bonchev–Trinajstić information content (AvgIpc) is 2.07. The highest BCUT2D eigenvalue weighted by Crippen LogP contribution is 2.19. The van der Waals surface area contributed by atoms with Crippen molar-refractivity contribution in [3.05, 3.63) is 35.1 Å². The lowest BCUT2D eigenvalue weighted by molar-refractivity contribution is 0.336. The number of halogens is 1. The fourth-order valence-corrected chi connectivity index (χ4v) is 1.75. The maximum atomic E-state index is 13.4. The molecule has 0 spiro atoms. The largest absolute Gasteiger partial charge is 0.310 e. The van der Waals surface area contributed by atoms with Gasteiger partial charge in [0.25, 0.3) is 0 Å². The van der Waals surface area contributed by atoms with Gasteiger partial charge in [-0.3, -0.25) is 0 Å². The lowest BCUT2D eigenvalue weighted by atomic mass is 9.93. The Morgan fingerprint density at radius 1 is 1.43 bits per heavy atom. The molecule has 1 aromatic carbocycles. The summed E-state index contributed by atoms with van der Waals surface area (Å²) in [5, 5.41) is 3.38. The van der Waals surface area contributed by atoms with E-state index in [0.29, 0.717) is 12.6 Å². The van der Waals surface area contributed by atoms with Crippen LogP contribution in [0.15, 0.2) is 18.2 Å². The number of nitrogens with one attached hydrogen (secondary N) is 1. The third-order valence-electron chi connectivity index (χ3n) is 3.03. The van der Waals surface area contributed by atoms with Gasteiger partial charge in [-0.2, -0.15) is 0 Å². The molecule has 1 fully saturated rings. The Hall–Kier alpha value is -0.890. The van der Waals surface area contributed by atoms with Gasteiger partial charge in [-0.25, -0.2) is 4.39 Å². The molecule has 1 aliphatic rings. The average molecular weight is 193 g/mol. The highest BCUT2D eigenvalue weighted by Gasteiger charge is 2.17.